The summed E-state index contributed by atoms with van der Waals surface area (Å²) < 4.78 is 6.40. The number of amides is 1. The maximum Gasteiger partial charge on any atom is 0.277 e. The van der Waals surface area contributed by atoms with E-state index in [0.717, 1.165) is 14.7 Å². The molecule has 0 saturated heterocycles. The number of nitrogens with one attached hydrogen (secondary N) is 1. The Morgan fingerprint density at radius 1 is 1.26 bits per heavy atom. The number of halogens is 1. The van der Waals surface area contributed by atoms with Gasteiger partial charge in [0.2, 0.25) is 0 Å². The van der Waals surface area contributed by atoms with E-state index in [4.69, 9.17) is 4.74 Å². The van der Waals surface area contributed by atoms with Crippen LogP contribution in [-0.2, 0) is 4.79 Å². The third-order valence-corrected chi connectivity index (χ3v) is 3.62. The van der Waals surface area contributed by atoms with Crippen molar-refractivity contribution >= 4 is 34.7 Å². The Morgan fingerprint density at radius 2 is 1.96 bits per heavy atom. The molecule has 0 aliphatic heterocycles. The van der Waals surface area contributed by atoms with Crippen molar-refractivity contribution in [3.63, 3.8) is 0 Å². The van der Waals surface area contributed by atoms with Crippen molar-refractivity contribution < 1.29 is 14.6 Å². The lowest BCUT2D eigenvalue weighted by Gasteiger charge is -2.07. The molecule has 0 unspecified atom stereocenters. The highest BCUT2D eigenvalue weighted by Gasteiger charge is 2.03. The van der Waals surface area contributed by atoms with Crippen LogP contribution in [0.1, 0.15) is 16.7 Å². The van der Waals surface area contributed by atoms with Gasteiger partial charge in [-0.05, 0) is 77.9 Å². The van der Waals surface area contributed by atoms with Crippen molar-refractivity contribution in [2.45, 2.75) is 13.8 Å². The Bertz CT molecular complexity index is 724. The number of ether oxygens (including phenoxy) is 1. The molecule has 6 heteroatoms. The maximum atomic E-state index is 11.7. The predicted octanol–water partition coefficient (Wildman–Crippen LogP) is 3.14. The Labute approximate surface area is 148 Å². The first-order valence-corrected chi connectivity index (χ1v) is 8.03. The number of phenols is 1. The van der Waals surface area contributed by atoms with Gasteiger partial charge in [-0.15, -0.1) is 0 Å². The Kier molecular flexibility index (Phi) is 5.97. The van der Waals surface area contributed by atoms with E-state index in [1.165, 1.54) is 6.21 Å². The summed E-state index contributed by atoms with van der Waals surface area (Å²) in [4.78, 5) is 11.7. The molecule has 23 heavy (non-hydrogen) atoms. The standard InChI is InChI=1S/C17H17IN2O3/c1-11-5-12(2)7-15(6-11)23-10-17(22)20-19-9-13-8-14(18)3-4-16(13)21/h3-9,21H,10H2,1-2H3,(H,20,22). The van der Waals surface area contributed by atoms with Crippen LogP contribution in [0.4, 0.5) is 0 Å². The maximum absolute atomic E-state index is 11.7. The van der Waals surface area contributed by atoms with Crippen molar-refractivity contribution in [3.05, 3.63) is 56.7 Å². The molecule has 0 atom stereocenters. The molecule has 0 radical (unpaired) electrons. The van der Waals surface area contributed by atoms with E-state index < -0.39 is 0 Å². The van der Waals surface area contributed by atoms with Crippen LogP contribution in [0.3, 0.4) is 0 Å². The number of benzene rings is 2. The van der Waals surface area contributed by atoms with Gasteiger partial charge in [0.25, 0.3) is 5.91 Å². The lowest BCUT2D eigenvalue weighted by atomic mass is 10.1. The molecule has 5 nitrogen and oxygen atoms in total. The predicted molar refractivity (Wildman–Crippen MR) is 98.0 cm³/mol. The van der Waals surface area contributed by atoms with Crippen LogP contribution in [0.25, 0.3) is 0 Å². The van der Waals surface area contributed by atoms with Gasteiger partial charge in [0.15, 0.2) is 6.61 Å². The number of rotatable bonds is 5. The van der Waals surface area contributed by atoms with Crippen molar-refractivity contribution in [2.75, 3.05) is 6.61 Å². The van der Waals surface area contributed by atoms with Gasteiger partial charge >= 0.3 is 0 Å². The van der Waals surface area contributed by atoms with E-state index >= 15 is 0 Å². The van der Waals surface area contributed by atoms with Gasteiger partial charge in [0.05, 0.1) is 6.21 Å². The zero-order valence-electron chi connectivity index (χ0n) is 12.8. The second-order valence-corrected chi connectivity index (χ2v) is 6.35. The van der Waals surface area contributed by atoms with Gasteiger partial charge in [-0.1, -0.05) is 6.07 Å². The average Bonchev–Trinajstić information content (AvgIpc) is 2.48. The summed E-state index contributed by atoms with van der Waals surface area (Å²) in [7, 11) is 0. The summed E-state index contributed by atoms with van der Waals surface area (Å²) in [6.07, 6.45) is 1.40. The highest BCUT2D eigenvalue weighted by Crippen LogP contribution is 2.17. The molecule has 0 saturated carbocycles. The first-order chi connectivity index (χ1) is 10.9. The number of aryl methyl sites for hydroxylation is 2. The SMILES string of the molecule is Cc1cc(C)cc(OCC(=O)NN=Cc2cc(I)ccc2O)c1. The van der Waals surface area contributed by atoms with Crippen LogP contribution in [0.5, 0.6) is 11.5 Å². The fraction of sp³-hybridized carbons (Fsp3) is 0.176. The molecule has 2 N–H and O–H groups in total. The molecule has 120 valence electrons. The number of aromatic hydroxyl groups is 1. The molecule has 2 aromatic carbocycles. The molecule has 0 spiro atoms. The Morgan fingerprint density at radius 3 is 2.65 bits per heavy atom. The first kappa shape index (κ1) is 17.3. The fourth-order valence-electron chi connectivity index (χ4n) is 2.00. The number of phenolic OH excluding ortho intramolecular Hbond substituents is 1. The number of hydrogen-bond donors (Lipinski definition) is 2. The van der Waals surface area contributed by atoms with Gasteiger partial charge in [0, 0.05) is 9.13 Å². The second-order valence-electron chi connectivity index (χ2n) is 5.11. The van der Waals surface area contributed by atoms with Crippen LogP contribution < -0.4 is 10.2 Å². The van der Waals surface area contributed by atoms with E-state index in [1.54, 1.807) is 18.2 Å². The topological polar surface area (TPSA) is 70.9 Å². The van der Waals surface area contributed by atoms with Crippen LogP contribution in [0, 0.1) is 17.4 Å². The molecule has 0 fully saturated rings. The zero-order chi connectivity index (χ0) is 16.8. The summed E-state index contributed by atoms with van der Waals surface area (Å²) in [6, 6.07) is 10.9. The molecule has 2 aromatic rings. The van der Waals surface area contributed by atoms with Gasteiger partial charge in [0.1, 0.15) is 11.5 Å². The third-order valence-electron chi connectivity index (χ3n) is 2.95. The number of hydrazone groups is 1. The smallest absolute Gasteiger partial charge is 0.277 e. The van der Waals surface area contributed by atoms with Gasteiger partial charge in [-0.25, -0.2) is 5.43 Å². The minimum atomic E-state index is -0.370. The van der Waals surface area contributed by atoms with Crippen LogP contribution in [-0.4, -0.2) is 23.8 Å². The molecule has 0 aliphatic rings. The van der Waals surface area contributed by atoms with E-state index in [9.17, 15) is 9.90 Å². The summed E-state index contributed by atoms with van der Waals surface area (Å²) in [6.45, 7) is 3.81. The fourth-order valence-corrected chi connectivity index (χ4v) is 2.52. The second kappa shape index (κ2) is 7.96. The number of nitrogens with zero attached hydrogens (tertiary/aromatic N) is 1. The first-order valence-electron chi connectivity index (χ1n) is 6.95. The summed E-state index contributed by atoms with van der Waals surface area (Å²) in [5, 5.41) is 13.5. The highest BCUT2D eigenvalue weighted by molar-refractivity contribution is 14.1. The van der Waals surface area contributed by atoms with Gasteiger partial charge < -0.3 is 9.84 Å². The number of carbonyl (C=O) groups is 1. The summed E-state index contributed by atoms with van der Waals surface area (Å²) in [5.41, 5.74) is 5.06. The molecule has 1 amide bonds. The van der Waals surface area contributed by atoms with Crippen molar-refractivity contribution in [1.29, 1.82) is 0 Å². The summed E-state index contributed by atoms with van der Waals surface area (Å²) >= 11 is 2.13. The lowest BCUT2D eigenvalue weighted by molar-refractivity contribution is -0.123. The molecule has 0 bridgehead atoms. The molecule has 0 aromatic heterocycles. The third kappa shape index (κ3) is 5.55. The van der Waals surface area contributed by atoms with Crippen molar-refractivity contribution in [1.82, 2.24) is 5.43 Å². The van der Waals surface area contributed by atoms with Crippen molar-refractivity contribution in [3.8, 4) is 11.5 Å². The summed E-state index contributed by atoms with van der Waals surface area (Å²) in [5.74, 6) is 0.386. The van der Waals surface area contributed by atoms with Gasteiger partial charge in [-0.3, -0.25) is 4.79 Å². The van der Waals surface area contributed by atoms with Crippen molar-refractivity contribution in [2.24, 2.45) is 5.10 Å². The molecule has 0 aliphatic carbocycles. The number of carbonyl (C=O) groups excluding carboxylic acids is 1. The van der Waals surface area contributed by atoms with Crippen LogP contribution in [0.15, 0.2) is 41.5 Å². The minimum Gasteiger partial charge on any atom is -0.507 e. The lowest BCUT2D eigenvalue weighted by Crippen LogP contribution is -2.24. The highest BCUT2D eigenvalue weighted by atomic mass is 127. The van der Waals surface area contributed by atoms with E-state index in [2.05, 4.69) is 33.1 Å². The zero-order valence-corrected chi connectivity index (χ0v) is 15.0. The van der Waals surface area contributed by atoms with Crippen LogP contribution in [0.2, 0.25) is 0 Å². The minimum absolute atomic E-state index is 0.106. The van der Waals surface area contributed by atoms with E-state index in [-0.39, 0.29) is 18.3 Å². The van der Waals surface area contributed by atoms with Gasteiger partial charge in [-0.2, -0.15) is 5.10 Å². The molecular weight excluding hydrogens is 407 g/mol. The molecule has 0 heterocycles. The molecule has 2 rings (SSSR count). The monoisotopic (exact) mass is 424 g/mol. The average molecular weight is 424 g/mol. The largest absolute Gasteiger partial charge is 0.507 e. The van der Waals surface area contributed by atoms with Crippen LogP contribution >= 0.6 is 22.6 Å². The quantitative estimate of drug-likeness (QED) is 0.440. The normalized spacial score (nSPS) is 10.7. The Hall–Kier alpha value is -2.09. The Balaban J connectivity index is 1.87. The molecular formula is C17H17IN2O3. The van der Waals surface area contributed by atoms with E-state index in [1.807, 2.05) is 32.0 Å². The van der Waals surface area contributed by atoms with E-state index in [0.29, 0.717) is 11.3 Å². The number of hydrogen-bond acceptors (Lipinski definition) is 4.